The number of hydrogen-bond donors (Lipinski definition) is 9. The number of aliphatic hydroxyl groups excluding tert-OH is 3. The molecule has 1 heterocycles. The molecule has 0 bridgehead atoms. The van der Waals surface area contributed by atoms with Crippen molar-refractivity contribution in [3.05, 3.63) is 71.8 Å². The molecule has 2 aromatic rings. The third-order valence-corrected chi connectivity index (χ3v) is 11.7. The van der Waals surface area contributed by atoms with Gasteiger partial charge >= 0.3 is 23.9 Å². The van der Waals surface area contributed by atoms with Crippen LogP contribution in [0, 0.1) is 47.3 Å². The Morgan fingerprint density at radius 2 is 1.00 bits per heavy atom. The number of carboxylic acid groups (broad SMARTS) is 4. The molecule has 89 heavy (non-hydrogen) atoms. The van der Waals surface area contributed by atoms with E-state index in [2.05, 4.69) is 29.5 Å². The van der Waals surface area contributed by atoms with E-state index in [0.29, 0.717) is 45.6 Å². The quantitative estimate of drug-likeness (QED) is 0.0149. The van der Waals surface area contributed by atoms with Crippen molar-refractivity contribution in [3.63, 3.8) is 0 Å². The van der Waals surface area contributed by atoms with Crippen LogP contribution in [-0.4, -0.2) is 163 Å². The number of benzene rings is 2. The molecule has 1 fully saturated rings. The Hall–Kier alpha value is -4.98. The van der Waals surface area contributed by atoms with Crippen molar-refractivity contribution in [2.75, 3.05) is 52.7 Å². The molecule has 33 heteroatoms. The van der Waals surface area contributed by atoms with Crippen molar-refractivity contribution in [1.82, 2.24) is 21.1 Å². The fourth-order valence-corrected chi connectivity index (χ4v) is 4.40. The van der Waals surface area contributed by atoms with E-state index in [1.807, 2.05) is 119 Å². The summed E-state index contributed by atoms with van der Waals surface area (Å²) in [5.41, 5.74) is 6.67. The van der Waals surface area contributed by atoms with Crippen LogP contribution in [0.1, 0.15) is 114 Å². The summed E-state index contributed by atoms with van der Waals surface area (Å²) in [7, 11) is 7.75. The number of carboxylic acids is 4. The van der Waals surface area contributed by atoms with Crippen LogP contribution in [0.2, 0.25) is 0 Å². The highest BCUT2D eigenvalue weighted by Crippen LogP contribution is 2.18. The Morgan fingerprint density at radius 1 is 0.618 bits per heavy atom. The molecule has 12 atom stereocenters. The monoisotopic (exact) mass is 1370 g/mol. The topological polar surface area (TPSA) is 415 Å². The molecule has 28 nitrogen and oxygen atoms in total. The predicted octanol–water partition coefficient (Wildman–Crippen LogP) is 5.95. The zero-order valence-corrected chi connectivity index (χ0v) is 58.5. The van der Waals surface area contributed by atoms with Gasteiger partial charge in [-0.2, -0.15) is 5.48 Å². The second-order valence-electron chi connectivity index (χ2n) is 19.0. The number of β-lactam (4-membered cyclic amide) rings is 1. The van der Waals surface area contributed by atoms with Gasteiger partial charge in [0.2, 0.25) is 17.6 Å². The molecule has 2 aromatic carbocycles. The first kappa shape index (κ1) is 97.6. The molecular weight excluding hydrogens is 1270 g/mol. The highest BCUT2D eigenvalue weighted by molar-refractivity contribution is 7.10. The van der Waals surface area contributed by atoms with Crippen molar-refractivity contribution in [3.8, 4) is 0 Å². The van der Waals surface area contributed by atoms with Gasteiger partial charge in [0.1, 0.15) is 17.3 Å². The number of Topliss-reactive ketones (excluding diaryl/α,β-unsaturated/α-hetero) is 3. The van der Waals surface area contributed by atoms with Crippen molar-refractivity contribution in [1.29, 1.82) is 0 Å². The van der Waals surface area contributed by atoms with E-state index in [9.17, 15) is 52.7 Å². The molecule has 3 rings (SSSR count). The normalized spacial score (nSPS) is 13.5. The summed E-state index contributed by atoms with van der Waals surface area (Å²) in [5, 5.41) is 60.1. The van der Waals surface area contributed by atoms with Crippen LogP contribution in [0.5, 0.6) is 0 Å². The third-order valence-electron chi connectivity index (χ3n) is 10.7. The van der Waals surface area contributed by atoms with Gasteiger partial charge in [-0.25, -0.2) is 15.6 Å². The molecule has 1 aliphatic rings. The average molecular weight is 1370 g/mol. The molecule has 0 spiro atoms. The smallest absolute Gasteiger partial charge is 0.308 e. The molecule has 0 aromatic heterocycles. The maximum Gasteiger partial charge on any atom is 0.308 e. The summed E-state index contributed by atoms with van der Waals surface area (Å²) >= 11 is 4.82. The van der Waals surface area contributed by atoms with Gasteiger partial charge in [0.05, 0.1) is 94.8 Å². The first-order valence-electron chi connectivity index (χ1n) is 27.2. The molecule has 1 aliphatic heterocycles. The number of rotatable bonds is 29. The Labute approximate surface area is 537 Å². The Morgan fingerprint density at radius 3 is 1.22 bits per heavy atom. The van der Waals surface area contributed by atoms with E-state index in [1.54, 1.807) is 48.5 Å². The Bertz CT molecular complexity index is 2110. The highest BCUT2D eigenvalue weighted by Gasteiger charge is 2.33. The first-order chi connectivity index (χ1) is 41.6. The molecule has 0 saturated carbocycles. The summed E-state index contributed by atoms with van der Waals surface area (Å²) in [4.78, 5) is 112. The number of halogens is 1. The van der Waals surface area contributed by atoms with E-state index < -0.39 is 53.5 Å². The molecule has 4 unspecified atom stereocenters. The molecule has 9 N–H and O–H groups in total. The maximum absolute atomic E-state index is 10.9. The lowest BCUT2D eigenvalue weighted by Gasteiger charge is -2.33. The lowest BCUT2D eigenvalue weighted by Crippen LogP contribution is -2.49. The standard InChI is InChI=1S/C12H16O2.C11H14O3.C5H10NO4P.C5H10O2.2C4H10NO3P.C4H8NO2P.C4H8O3.C4H8O.C3H5ClO/c1-10(11(2)13)8-14-9-12-6-4-3-5-7-12;1-9(11(12)13)7-14-8-10-5-3-2-4-6-10;1-4(5(8)9)2-6(3-7)10-11;1-4(3-6)5(2)7;1-3(2-6)4(7)5-8-9;1-3(4(6)7)2-5-8-9;1-3-2-5(7-8)4(3)6;1-3(2-5)4(6)7;1-3-4(2)5;1-2-3(4)5/h3-7,10H,8-9H2,1-2H3;2-6,9H,7-8H2,1H3,(H,12,13);3-4H,2,11H2,1H3,(H,8,9);4,6H,3H2,1-2H3;3,6H,2,9H2,1H3,(H,5,7);3,5H,2,9H2,1H3,(H,6,7);3H,2,8H2,1H3;3,5H,2H2,1H3,(H,6,7);3H2,1-2H3;2H2,1H3/t10-;9-;2*4-;4*3-;;/m00000000../s1. The van der Waals surface area contributed by atoms with Gasteiger partial charge in [0.25, 0.3) is 5.91 Å². The number of aliphatic carboxylic acids is 4. The lowest BCUT2D eigenvalue weighted by atomic mass is 10.1. The zero-order chi connectivity index (χ0) is 70.6. The van der Waals surface area contributed by atoms with Gasteiger partial charge in [0.15, 0.2) is 0 Å². The second kappa shape index (κ2) is 66.0. The molecular formula is C56H99ClN4O24P4. The fourth-order valence-electron chi connectivity index (χ4n) is 3.86. The van der Waals surface area contributed by atoms with Crippen molar-refractivity contribution >= 4 is 114 Å². The SMILES string of the molecule is CC(=O)[C@@H](C)CO.CC(=O)[C@@H](C)COCc1ccccc1.CCC(=O)Cl.CCC(C)=O.C[C@@H](CN(C=O)OP)C(=O)O.C[C@@H](CNOP)C(=O)O.C[C@@H](CO)C(=O)NOP.C[C@@H](CO)C(=O)O.C[C@@H](COCc1ccccc1)C(=O)O.C[C@H]1CN(OP)C1=O. The summed E-state index contributed by atoms with van der Waals surface area (Å²) in [6.07, 6.45) is 1.52. The minimum absolute atomic E-state index is 0.00119. The summed E-state index contributed by atoms with van der Waals surface area (Å²) in [6.45, 7) is 23.9. The van der Waals surface area contributed by atoms with Gasteiger partial charge in [-0.1, -0.05) is 116 Å². The number of hydrogen-bond acceptors (Lipinski definition) is 21. The number of nitrogens with zero attached hydrogens (tertiary/aromatic N) is 2. The molecule has 1 saturated heterocycles. The van der Waals surface area contributed by atoms with Crippen molar-refractivity contribution < 1.29 is 116 Å². The zero-order valence-electron chi connectivity index (χ0n) is 53.1. The first-order valence-corrected chi connectivity index (χ1v) is 29.5. The predicted molar refractivity (Wildman–Crippen MR) is 345 cm³/mol. The number of ketones is 3. The van der Waals surface area contributed by atoms with E-state index in [4.69, 9.17) is 56.8 Å². The van der Waals surface area contributed by atoms with Crippen LogP contribution in [0.15, 0.2) is 60.7 Å². The number of amides is 3. The van der Waals surface area contributed by atoms with Gasteiger partial charge < -0.3 is 50.0 Å². The van der Waals surface area contributed by atoms with Gasteiger partial charge in [-0.15, -0.1) is 0 Å². The molecule has 0 aliphatic carbocycles. The van der Waals surface area contributed by atoms with Crippen LogP contribution in [0.25, 0.3) is 0 Å². The van der Waals surface area contributed by atoms with Gasteiger partial charge in [-0.3, -0.25) is 66.4 Å². The van der Waals surface area contributed by atoms with Crippen molar-refractivity contribution in [2.45, 2.75) is 116 Å². The molecule has 514 valence electrons. The fraction of sp³-hybridized carbons (Fsp3) is 0.589. The average Bonchev–Trinajstić information content (AvgIpc) is 3.72. The molecule has 3 amide bonds. The van der Waals surface area contributed by atoms with Crippen LogP contribution >= 0.6 is 49.5 Å². The summed E-state index contributed by atoms with van der Waals surface area (Å²) in [5.74, 6) is -5.88. The van der Waals surface area contributed by atoms with E-state index in [-0.39, 0.29) is 85.1 Å². The molecule has 0 radical (unpaired) electrons. The maximum atomic E-state index is 10.9. The minimum Gasteiger partial charge on any atom is -0.481 e. The minimum atomic E-state index is -0.959. The second-order valence-corrected chi connectivity index (χ2v) is 20.3. The number of aliphatic hydroxyl groups is 3. The number of nitrogens with one attached hydrogen (secondary N) is 2. The number of ether oxygens (including phenoxy) is 2. The Balaban J connectivity index is -0.000000171. The highest BCUT2D eigenvalue weighted by atomic mass is 35.5. The summed E-state index contributed by atoms with van der Waals surface area (Å²) < 4.78 is 28.3. The van der Waals surface area contributed by atoms with Crippen LogP contribution < -0.4 is 11.0 Å². The number of hydroxylamine groups is 6. The van der Waals surface area contributed by atoms with E-state index in [0.717, 1.165) is 22.7 Å². The summed E-state index contributed by atoms with van der Waals surface area (Å²) in [6, 6.07) is 19.7. The van der Waals surface area contributed by atoms with Crippen LogP contribution in [0.3, 0.4) is 0 Å². The largest absolute Gasteiger partial charge is 0.481 e. The number of carbonyl (C=O) groups is 11. The van der Waals surface area contributed by atoms with Gasteiger partial charge in [0, 0.05) is 69.1 Å². The van der Waals surface area contributed by atoms with Crippen LogP contribution in [-0.2, 0) is 93.9 Å². The van der Waals surface area contributed by atoms with E-state index >= 15 is 0 Å². The van der Waals surface area contributed by atoms with E-state index in [1.165, 1.54) is 25.8 Å². The van der Waals surface area contributed by atoms with Crippen molar-refractivity contribution in [2.24, 2.45) is 47.3 Å². The Kier molecular flexibility index (Phi) is 72.3. The van der Waals surface area contributed by atoms with Crippen LogP contribution in [0.4, 0.5) is 0 Å². The number of carbonyl (C=O) groups excluding carboxylic acids is 7. The lowest BCUT2D eigenvalue weighted by molar-refractivity contribution is -0.181. The van der Waals surface area contributed by atoms with Gasteiger partial charge in [-0.05, 0) is 57.3 Å². The third kappa shape index (κ3) is 67.2.